The predicted octanol–water partition coefficient (Wildman–Crippen LogP) is 2.68. The third-order valence-corrected chi connectivity index (χ3v) is 6.39. The summed E-state index contributed by atoms with van der Waals surface area (Å²) in [5.74, 6) is -1.22. The minimum Gasteiger partial charge on any atom is -0.334 e. The highest BCUT2D eigenvalue weighted by Crippen LogP contribution is 2.21. The molecule has 0 unspecified atom stereocenters. The van der Waals surface area contributed by atoms with Gasteiger partial charge in [-0.1, -0.05) is 42.0 Å². The van der Waals surface area contributed by atoms with Crippen molar-refractivity contribution < 1.29 is 18.8 Å². The van der Waals surface area contributed by atoms with Gasteiger partial charge in [-0.15, -0.1) is 0 Å². The van der Waals surface area contributed by atoms with Crippen LogP contribution in [0.3, 0.4) is 0 Å². The van der Waals surface area contributed by atoms with Gasteiger partial charge in [0, 0.05) is 45.3 Å². The average Bonchev–Trinajstić information content (AvgIpc) is 2.83. The quantitative estimate of drug-likeness (QED) is 0.709. The van der Waals surface area contributed by atoms with Crippen LogP contribution >= 0.6 is 0 Å². The molecule has 0 atom stereocenters. The maximum Gasteiger partial charge on any atom is 0.317 e. The van der Waals surface area contributed by atoms with Crippen LogP contribution in [0, 0.1) is 12.7 Å². The molecule has 0 spiro atoms. The summed E-state index contributed by atoms with van der Waals surface area (Å²) in [5.41, 5.74) is 2.99. The second-order valence-electron chi connectivity index (χ2n) is 8.71. The molecule has 2 aromatic rings. The van der Waals surface area contributed by atoms with E-state index in [2.05, 4.69) is 5.32 Å². The molecule has 2 fully saturated rings. The number of amides is 4. The van der Waals surface area contributed by atoms with Gasteiger partial charge in [-0.25, -0.2) is 9.18 Å². The Morgan fingerprint density at radius 2 is 1.55 bits per heavy atom. The molecular weight excluding hydrogens is 423 g/mol. The fraction of sp³-hybridized carbons (Fsp3) is 0.400. The molecule has 0 saturated carbocycles. The van der Waals surface area contributed by atoms with Gasteiger partial charge >= 0.3 is 17.8 Å². The molecular formula is C25H29FN4O3. The van der Waals surface area contributed by atoms with Crippen molar-refractivity contribution in [1.82, 2.24) is 20.0 Å². The number of piperazine rings is 1. The number of nitrogens with one attached hydrogen (secondary N) is 1. The van der Waals surface area contributed by atoms with Gasteiger partial charge in [0.2, 0.25) is 0 Å². The zero-order valence-corrected chi connectivity index (χ0v) is 18.8. The first-order valence-electron chi connectivity index (χ1n) is 11.3. The van der Waals surface area contributed by atoms with Gasteiger partial charge in [-0.2, -0.15) is 0 Å². The summed E-state index contributed by atoms with van der Waals surface area (Å²) in [5, 5.41) is 2.85. The number of urea groups is 1. The third kappa shape index (κ3) is 5.50. The summed E-state index contributed by atoms with van der Waals surface area (Å²) < 4.78 is 13.0. The number of benzene rings is 2. The molecule has 0 radical (unpaired) electrons. The molecule has 2 aromatic carbocycles. The molecule has 8 heteroatoms. The van der Waals surface area contributed by atoms with Crippen LogP contribution in [0.4, 0.5) is 9.18 Å². The van der Waals surface area contributed by atoms with E-state index in [1.54, 1.807) is 26.8 Å². The number of carbonyl (C=O) groups excluding carboxylic acids is 3. The lowest BCUT2D eigenvalue weighted by Gasteiger charge is -2.42. The van der Waals surface area contributed by atoms with Crippen LogP contribution in [0.15, 0.2) is 48.5 Å². The van der Waals surface area contributed by atoms with Gasteiger partial charge in [-0.05, 0) is 43.0 Å². The van der Waals surface area contributed by atoms with E-state index in [-0.39, 0.29) is 17.9 Å². The lowest BCUT2D eigenvalue weighted by Crippen LogP contribution is -2.59. The van der Waals surface area contributed by atoms with Gasteiger partial charge in [-0.3, -0.25) is 9.59 Å². The van der Waals surface area contributed by atoms with Crippen molar-refractivity contribution in [2.75, 3.05) is 26.2 Å². The van der Waals surface area contributed by atoms with Crippen LogP contribution in [0.5, 0.6) is 0 Å². The van der Waals surface area contributed by atoms with Crippen LogP contribution in [-0.2, 0) is 22.7 Å². The molecule has 2 aliphatic heterocycles. The highest BCUT2D eigenvalue weighted by atomic mass is 19.1. The molecule has 2 heterocycles. The number of likely N-dealkylation sites (tertiary alicyclic amines) is 1. The summed E-state index contributed by atoms with van der Waals surface area (Å²) in [6, 6.07) is 13.8. The van der Waals surface area contributed by atoms with Gasteiger partial charge in [0.25, 0.3) is 0 Å². The Kier molecular flexibility index (Phi) is 6.91. The van der Waals surface area contributed by atoms with E-state index in [0.717, 1.165) is 16.7 Å². The Morgan fingerprint density at radius 1 is 0.909 bits per heavy atom. The van der Waals surface area contributed by atoms with E-state index in [1.807, 2.05) is 31.2 Å². The van der Waals surface area contributed by atoms with E-state index in [0.29, 0.717) is 52.1 Å². The Hall–Kier alpha value is -3.42. The van der Waals surface area contributed by atoms with E-state index in [9.17, 15) is 18.8 Å². The van der Waals surface area contributed by atoms with Crippen LogP contribution in [0.2, 0.25) is 0 Å². The third-order valence-electron chi connectivity index (χ3n) is 6.39. The molecule has 0 bridgehead atoms. The van der Waals surface area contributed by atoms with Gasteiger partial charge < -0.3 is 20.0 Å². The Morgan fingerprint density at radius 3 is 2.21 bits per heavy atom. The number of nitrogens with zero attached hydrogens (tertiary/aromatic N) is 3. The summed E-state index contributed by atoms with van der Waals surface area (Å²) in [4.78, 5) is 43.0. The number of halogens is 1. The topological polar surface area (TPSA) is 73.0 Å². The molecule has 4 amide bonds. The standard InChI is InChI=1S/C25H29FN4O3/c1-18-2-4-20(5-3-18)17-29-14-15-30(24(32)23(29)31)22-10-12-28(13-11-22)25(33)27-16-19-6-8-21(26)9-7-19/h2-9,22H,10-17H2,1H3,(H,27,33). The smallest absolute Gasteiger partial charge is 0.317 e. The van der Waals surface area contributed by atoms with Crippen LogP contribution in [0.25, 0.3) is 0 Å². The lowest BCUT2D eigenvalue weighted by molar-refractivity contribution is -0.158. The van der Waals surface area contributed by atoms with Crippen LogP contribution in [-0.4, -0.2) is 64.8 Å². The summed E-state index contributed by atoms with van der Waals surface area (Å²) >= 11 is 0. The maximum atomic E-state index is 13.0. The highest BCUT2D eigenvalue weighted by molar-refractivity contribution is 6.35. The molecule has 7 nitrogen and oxygen atoms in total. The molecule has 0 aromatic heterocycles. The minimum atomic E-state index is -0.457. The molecule has 174 valence electrons. The fourth-order valence-corrected chi connectivity index (χ4v) is 4.38. The predicted molar refractivity (Wildman–Crippen MR) is 122 cm³/mol. The molecule has 4 rings (SSSR count). The van der Waals surface area contributed by atoms with E-state index >= 15 is 0 Å². The Labute approximate surface area is 193 Å². The minimum absolute atomic E-state index is 0.0378. The number of aryl methyl sites for hydroxylation is 1. The first kappa shape index (κ1) is 22.8. The second kappa shape index (κ2) is 10.0. The summed E-state index contributed by atoms with van der Waals surface area (Å²) in [7, 11) is 0. The summed E-state index contributed by atoms with van der Waals surface area (Å²) in [6.45, 7) is 4.84. The normalized spacial score (nSPS) is 17.5. The highest BCUT2D eigenvalue weighted by Gasteiger charge is 2.37. The maximum absolute atomic E-state index is 13.0. The van der Waals surface area contributed by atoms with Crippen molar-refractivity contribution in [1.29, 1.82) is 0 Å². The zero-order chi connectivity index (χ0) is 23.4. The molecule has 1 N–H and O–H groups in total. The van der Waals surface area contributed by atoms with Gasteiger partial charge in [0.1, 0.15) is 5.82 Å². The largest absolute Gasteiger partial charge is 0.334 e. The van der Waals surface area contributed by atoms with Crippen molar-refractivity contribution in [3.8, 4) is 0 Å². The van der Waals surface area contributed by atoms with Crippen LogP contribution in [0.1, 0.15) is 29.5 Å². The number of carbonyl (C=O) groups is 3. The van der Waals surface area contributed by atoms with Crippen molar-refractivity contribution in [3.63, 3.8) is 0 Å². The van der Waals surface area contributed by atoms with Gasteiger partial charge in [0.05, 0.1) is 0 Å². The molecule has 2 aliphatic rings. The number of hydrogen-bond donors (Lipinski definition) is 1. The van der Waals surface area contributed by atoms with Crippen LogP contribution < -0.4 is 5.32 Å². The average molecular weight is 453 g/mol. The van der Waals surface area contributed by atoms with Crippen molar-refractivity contribution >= 4 is 17.8 Å². The molecule has 33 heavy (non-hydrogen) atoms. The lowest BCUT2D eigenvalue weighted by atomic mass is 10.0. The summed E-state index contributed by atoms with van der Waals surface area (Å²) in [6.07, 6.45) is 1.28. The van der Waals surface area contributed by atoms with Crippen molar-refractivity contribution in [2.24, 2.45) is 0 Å². The first-order valence-corrected chi connectivity index (χ1v) is 11.3. The fourth-order valence-electron chi connectivity index (χ4n) is 4.38. The number of rotatable bonds is 5. The van der Waals surface area contributed by atoms with E-state index < -0.39 is 11.8 Å². The monoisotopic (exact) mass is 452 g/mol. The number of hydrogen-bond acceptors (Lipinski definition) is 3. The van der Waals surface area contributed by atoms with E-state index in [1.165, 1.54) is 12.1 Å². The first-order chi connectivity index (χ1) is 15.9. The Balaban J connectivity index is 1.25. The van der Waals surface area contributed by atoms with Gasteiger partial charge in [0.15, 0.2) is 0 Å². The second-order valence-corrected chi connectivity index (χ2v) is 8.71. The zero-order valence-electron chi connectivity index (χ0n) is 18.8. The van der Waals surface area contributed by atoms with Crippen molar-refractivity contribution in [2.45, 2.75) is 38.9 Å². The van der Waals surface area contributed by atoms with Crippen molar-refractivity contribution in [3.05, 3.63) is 71.0 Å². The number of piperidine rings is 1. The molecule has 0 aliphatic carbocycles. The Bertz CT molecular complexity index is 1000. The van der Waals surface area contributed by atoms with E-state index in [4.69, 9.17) is 0 Å². The molecule has 2 saturated heterocycles. The SMILES string of the molecule is Cc1ccc(CN2CCN(C3CCN(C(=O)NCc4ccc(F)cc4)CC3)C(=O)C2=O)cc1.